The SMILES string of the molecule is CCN(C)C(=O)C(C)NC(C)Cc1ccccc1. The molecule has 0 aliphatic heterocycles. The number of nitrogens with zero attached hydrogens (tertiary/aromatic N) is 1. The minimum absolute atomic E-state index is 0.131. The molecule has 3 nitrogen and oxygen atoms in total. The zero-order chi connectivity index (χ0) is 13.5. The van der Waals surface area contributed by atoms with Gasteiger partial charge in [0.05, 0.1) is 6.04 Å². The summed E-state index contributed by atoms with van der Waals surface area (Å²) in [7, 11) is 1.84. The molecular weight excluding hydrogens is 224 g/mol. The summed E-state index contributed by atoms with van der Waals surface area (Å²) in [5.74, 6) is 0.150. The van der Waals surface area contributed by atoms with Gasteiger partial charge in [-0.3, -0.25) is 4.79 Å². The second kappa shape index (κ2) is 7.17. The van der Waals surface area contributed by atoms with E-state index in [1.165, 1.54) is 5.56 Å². The van der Waals surface area contributed by atoms with Crippen molar-refractivity contribution >= 4 is 5.91 Å². The minimum Gasteiger partial charge on any atom is -0.345 e. The molecule has 0 saturated heterocycles. The summed E-state index contributed by atoms with van der Waals surface area (Å²) in [6.45, 7) is 6.77. The van der Waals surface area contributed by atoms with Crippen LogP contribution in [0, 0.1) is 0 Å². The first-order valence-electron chi connectivity index (χ1n) is 6.59. The Morgan fingerprint density at radius 3 is 2.44 bits per heavy atom. The molecule has 0 aliphatic carbocycles. The first-order chi connectivity index (χ1) is 8.54. The summed E-state index contributed by atoms with van der Waals surface area (Å²) in [5.41, 5.74) is 1.29. The Labute approximate surface area is 110 Å². The molecule has 1 amide bonds. The number of hydrogen-bond acceptors (Lipinski definition) is 2. The number of likely N-dealkylation sites (N-methyl/N-ethyl adjacent to an activating group) is 1. The molecule has 0 saturated carbocycles. The van der Waals surface area contributed by atoms with Crippen molar-refractivity contribution in [3.8, 4) is 0 Å². The van der Waals surface area contributed by atoms with Gasteiger partial charge in [0.25, 0.3) is 0 Å². The lowest BCUT2D eigenvalue weighted by Crippen LogP contribution is -2.46. The zero-order valence-corrected chi connectivity index (χ0v) is 11.8. The molecule has 1 N–H and O–H groups in total. The van der Waals surface area contributed by atoms with Gasteiger partial charge in [0.2, 0.25) is 5.91 Å². The van der Waals surface area contributed by atoms with Gasteiger partial charge in [0, 0.05) is 19.6 Å². The van der Waals surface area contributed by atoms with Gasteiger partial charge in [-0.05, 0) is 32.8 Å². The fraction of sp³-hybridized carbons (Fsp3) is 0.533. The van der Waals surface area contributed by atoms with Crippen LogP contribution in [0.3, 0.4) is 0 Å². The number of nitrogens with one attached hydrogen (secondary N) is 1. The van der Waals surface area contributed by atoms with E-state index in [4.69, 9.17) is 0 Å². The van der Waals surface area contributed by atoms with Crippen LogP contribution in [0.25, 0.3) is 0 Å². The Kier molecular flexibility index (Phi) is 5.86. The highest BCUT2D eigenvalue weighted by Gasteiger charge is 2.17. The quantitative estimate of drug-likeness (QED) is 0.836. The Bertz CT molecular complexity index is 364. The maximum absolute atomic E-state index is 11.9. The molecule has 0 aliphatic rings. The largest absolute Gasteiger partial charge is 0.345 e. The van der Waals surface area contributed by atoms with Gasteiger partial charge in [-0.25, -0.2) is 0 Å². The second-order valence-electron chi connectivity index (χ2n) is 4.83. The van der Waals surface area contributed by atoms with E-state index >= 15 is 0 Å². The van der Waals surface area contributed by atoms with Crippen LogP contribution in [-0.4, -0.2) is 36.5 Å². The smallest absolute Gasteiger partial charge is 0.239 e. The first-order valence-corrected chi connectivity index (χ1v) is 6.59. The van der Waals surface area contributed by atoms with Crippen molar-refractivity contribution in [3.05, 3.63) is 35.9 Å². The highest BCUT2D eigenvalue weighted by Crippen LogP contribution is 2.04. The van der Waals surface area contributed by atoms with E-state index in [-0.39, 0.29) is 18.0 Å². The molecule has 18 heavy (non-hydrogen) atoms. The number of benzene rings is 1. The van der Waals surface area contributed by atoms with Crippen LogP contribution in [0.1, 0.15) is 26.3 Å². The number of carbonyl (C=O) groups is 1. The lowest BCUT2D eigenvalue weighted by Gasteiger charge is -2.24. The Hall–Kier alpha value is -1.35. The highest BCUT2D eigenvalue weighted by atomic mass is 16.2. The molecule has 1 rings (SSSR count). The molecule has 1 aromatic rings. The lowest BCUT2D eigenvalue weighted by molar-refractivity contribution is -0.131. The predicted octanol–water partition coefficient (Wildman–Crippen LogP) is 2.07. The van der Waals surface area contributed by atoms with Gasteiger partial charge in [-0.2, -0.15) is 0 Å². The molecule has 1 aromatic carbocycles. The molecule has 0 bridgehead atoms. The standard InChI is InChI=1S/C15H24N2O/c1-5-17(4)15(18)13(3)16-12(2)11-14-9-7-6-8-10-14/h6-10,12-13,16H,5,11H2,1-4H3. The van der Waals surface area contributed by atoms with Gasteiger partial charge in [-0.1, -0.05) is 30.3 Å². The van der Waals surface area contributed by atoms with Gasteiger partial charge < -0.3 is 10.2 Å². The van der Waals surface area contributed by atoms with Crippen LogP contribution in [0.4, 0.5) is 0 Å². The van der Waals surface area contributed by atoms with E-state index in [0.717, 1.165) is 13.0 Å². The van der Waals surface area contributed by atoms with E-state index in [1.807, 2.05) is 39.1 Å². The normalized spacial score (nSPS) is 14.0. The van der Waals surface area contributed by atoms with Gasteiger partial charge >= 0.3 is 0 Å². The summed E-state index contributed by atoms with van der Waals surface area (Å²) in [5, 5.41) is 3.35. The van der Waals surface area contributed by atoms with Crippen molar-refractivity contribution in [1.29, 1.82) is 0 Å². The summed E-state index contributed by atoms with van der Waals surface area (Å²) in [4.78, 5) is 13.7. The fourth-order valence-corrected chi connectivity index (χ4v) is 2.01. The molecule has 0 spiro atoms. The van der Waals surface area contributed by atoms with E-state index < -0.39 is 0 Å². The second-order valence-corrected chi connectivity index (χ2v) is 4.83. The van der Waals surface area contributed by atoms with E-state index in [0.29, 0.717) is 0 Å². The third kappa shape index (κ3) is 4.49. The molecule has 2 unspecified atom stereocenters. The average molecular weight is 248 g/mol. The van der Waals surface area contributed by atoms with Gasteiger partial charge in [-0.15, -0.1) is 0 Å². The fourth-order valence-electron chi connectivity index (χ4n) is 2.01. The zero-order valence-electron chi connectivity index (χ0n) is 11.8. The Morgan fingerprint density at radius 2 is 1.89 bits per heavy atom. The number of amides is 1. The maximum Gasteiger partial charge on any atom is 0.239 e. The topological polar surface area (TPSA) is 32.3 Å². The van der Waals surface area contributed by atoms with Crippen LogP contribution in [0.15, 0.2) is 30.3 Å². The minimum atomic E-state index is -0.131. The summed E-state index contributed by atoms with van der Waals surface area (Å²) >= 11 is 0. The molecule has 100 valence electrons. The molecule has 2 atom stereocenters. The third-order valence-corrected chi connectivity index (χ3v) is 3.14. The number of hydrogen-bond donors (Lipinski definition) is 1. The Balaban J connectivity index is 2.45. The third-order valence-electron chi connectivity index (χ3n) is 3.14. The number of rotatable bonds is 6. The molecule has 0 aromatic heterocycles. The van der Waals surface area contributed by atoms with Crippen LogP contribution < -0.4 is 5.32 Å². The molecule has 0 heterocycles. The number of carbonyl (C=O) groups excluding carboxylic acids is 1. The van der Waals surface area contributed by atoms with Crippen LogP contribution >= 0.6 is 0 Å². The van der Waals surface area contributed by atoms with Crippen LogP contribution in [0.2, 0.25) is 0 Å². The van der Waals surface area contributed by atoms with Crippen molar-refractivity contribution in [2.75, 3.05) is 13.6 Å². The molecule has 3 heteroatoms. The van der Waals surface area contributed by atoms with Gasteiger partial charge in [0.15, 0.2) is 0 Å². The lowest BCUT2D eigenvalue weighted by atomic mass is 10.1. The van der Waals surface area contributed by atoms with Crippen molar-refractivity contribution in [2.45, 2.75) is 39.3 Å². The molecular formula is C15H24N2O. The van der Waals surface area contributed by atoms with Crippen LogP contribution in [-0.2, 0) is 11.2 Å². The monoisotopic (exact) mass is 248 g/mol. The summed E-state index contributed by atoms with van der Waals surface area (Å²) in [6, 6.07) is 10.5. The van der Waals surface area contributed by atoms with E-state index in [9.17, 15) is 4.79 Å². The van der Waals surface area contributed by atoms with Gasteiger partial charge in [0.1, 0.15) is 0 Å². The van der Waals surface area contributed by atoms with E-state index in [1.54, 1.807) is 4.90 Å². The summed E-state index contributed by atoms with van der Waals surface area (Å²) < 4.78 is 0. The van der Waals surface area contributed by atoms with Crippen molar-refractivity contribution in [1.82, 2.24) is 10.2 Å². The highest BCUT2D eigenvalue weighted by molar-refractivity contribution is 5.81. The van der Waals surface area contributed by atoms with Crippen molar-refractivity contribution < 1.29 is 4.79 Å². The predicted molar refractivity (Wildman–Crippen MR) is 75.5 cm³/mol. The maximum atomic E-state index is 11.9. The Morgan fingerprint density at radius 1 is 1.28 bits per heavy atom. The first kappa shape index (κ1) is 14.7. The van der Waals surface area contributed by atoms with Crippen LogP contribution in [0.5, 0.6) is 0 Å². The van der Waals surface area contributed by atoms with Crippen molar-refractivity contribution in [2.24, 2.45) is 0 Å². The molecule has 0 fully saturated rings. The summed E-state index contributed by atoms with van der Waals surface area (Å²) in [6.07, 6.45) is 0.939. The van der Waals surface area contributed by atoms with E-state index in [2.05, 4.69) is 24.4 Å². The molecule has 0 radical (unpaired) electrons. The van der Waals surface area contributed by atoms with Crippen molar-refractivity contribution in [3.63, 3.8) is 0 Å². The average Bonchev–Trinajstić information content (AvgIpc) is 2.37.